The first-order valence-corrected chi connectivity index (χ1v) is 5.03. The Morgan fingerprint density at radius 1 is 1.23 bits per heavy atom. The fourth-order valence-electron chi connectivity index (χ4n) is 2.20. The predicted octanol–water partition coefficient (Wildman–Crippen LogP) is -0.507. The summed E-state index contributed by atoms with van der Waals surface area (Å²) in [5, 5.41) is 10.3. The van der Waals surface area contributed by atoms with Crippen molar-refractivity contribution in [2.24, 2.45) is 0 Å². The van der Waals surface area contributed by atoms with Gasteiger partial charge >= 0.3 is 0 Å². The number of rotatable bonds is 0. The molecule has 0 aromatic rings. The van der Waals surface area contributed by atoms with Crippen molar-refractivity contribution in [2.45, 2.75) is 38.5 Å². The molecule has 0 radical (unpaired) electrons. The van der Waals surface area contributed by atoms with E-state index in [4.69, 9.17) is 0 Å². The average Bonchev–Trinajstić information content (AvgIpc) is 2.45. The Labute approximate surface area is 80.1 Å². The molecule has 2 heterocycles. The van der Waals surface area contributed by atoms with Crippen LogP contribution < -0.4 is 16.0 Å². The molecular weight excluding hydrogens is 164 g/mol. The van der Waals surface area contributed by atoms with Crippen LogP contribution in [0.25, 0.3) is 0 Å². The van der Waals surface area contributed by atoms with Crippen LogP contribution in [0.3, 0.4) is 0 Å². The number of nitrogens with one attached hydrogen (secondary N) is 3. The summed E-state index contributed by atoms with van der Waals surface area (Å²) in [5.41, 5.74) is 0.257. The molecule has 4 heteroatoms. The van der Waals surface area contributed by atoms with Gasteiger partial charge in [-0.1, -0.05) is 0 Å². The Balaban J connectivity index is 2.07. The van der Waals surface area contributed by atoms with Crippen molar-refractivity contribution in [3.8, 4) is 0 Å². The first kappa shape index (κ1) is 9.40. The molecule has 2 rings (SSSR count). The zero-order valence-corrected chi connectivity index (χ0v) is 8.72. The molecule has 0 saturated carbocycles. The quantitative estimate of drug-likeness (QED) is 0.474. The van der Waals surface area contributed by atoms with Crippen molar-refractivity contribution in [1.29, 1.82) is 0 Å². The van der Waals surface area contributed by atoms with Crippen LogP contribution in [0.1, 0.15) is 20.8 Å². The van der Waals surface area contributed by atoms with Gasteiger partial charge in [0.2, 0.25) is 0 Å². The van der Waals surface area contributed by atoms with E-state index >= 15 is 0 Å². The predicted molar refractivity (Wildman–Crippen MR) is 53.2 cm³/mol. The van der Waals surface area contributed by atoms with Gasteiger partial charge in [-0.15, -0.1) is 0 Å². The van der Waals surface area contributed by atoms with Crippen LogP contribution in [-0.2, 0) is 0 Å². The van der Waals surface area contributed by atoms with Crippen molar-refractivity contribution in [1.82, 2.24) is 20.9 Å². The summed E-state index contributed by atoms with van der Waals surface area (Å²) in [6.07, 6.45) is 0.473. The fourth-order valence-corrected chi connectivity index (χ4v) is 2.20. The Kier molecular flexibility index (Phi) is 2.32. The molecule has 2 aliphatic heterocycles. The van der Waals surface area contributed by atoms with Gasteiger partial charge in [0.1, 0.15) is 0 Å². The van der Waals surface area contributed by atoms with Crippen molar-refractivity contribution >= 4 is 0 Å². The molecule has 0 spiro atoms. The van der Waals surface area contributed by atoms with Crippen LogP contribution in [0.2, 0.25) is 0 Å². The molecule has 4 nitrogen and oxygen atoms in total. The summed E-state index contributed by atoms with van der Waals surface area (Å²) in [6.45, 7) is 9.81. The van der Waals surface area contributed by atoms with E-state index in [1.165, 1.54) is 0 Å². The van der Waals surface area contributed by atoms with Gasteiger partial charge in [0, 0.05) is 18.8 Å². The van der Waals surface area contributed by atoms with E-state index in [2.05, 4.69) is 41.6 Å². The lowest BCUT2D eigenvalue weighted by atomic mass is 10.0. The maximum Gasteiger partial charge on any atom is 0.0765 e. The Bertz CT molecular complexity index is 187. The van der Waals surface area contributed by atoms with Gasteiger partial charge in [0.05, 0.1) is 18.9 Å². The molecule has 2 saturated heterocycles. The lowest BCUT2D eigenvalue weighted by molar-refractivity contribution is 0.101. The third-order valence-corrected chi connectivity index (χ3v) is 2.93. The van der Waals surface area contributed by atoms with Crippen LogP contribution >= 0.6 is 0 Å². The minimum atomic E-state index is 0.257. The number of fused-ring (bicyclic) bond motifs is 1. The number of nitrogens with zero attached hydrogens (tertiary/aromatic N) is 1. The Morgan fingerprint density at radius 2 is 2.00 bits per heavy atom. The van der Waals surface area contributed by atoms with Gasteiger partial charge in [-0.3, -0.25) is 15.5 Å². The number of hydrogen-bond acceptors (Lipinski definition) is 4. The van der Waals surface area contributed by atoms with Crippen molar-refractivity contribution in [3.05, 3.63) is 0 Å². The second-order valence-electron chi connectivity index (χ2n) is 4.88. The second-order valence-corrected chi connectivity index (χ2v) is 4.88. The monoisotopic (exact) mass is 184 g/mol. The van der Waals surface area contributed by atoms with Gasteiger partial charge < -0.3 is 5.32 Å². The summed E-state index contributed by atoms with van der Waals surface area (Å²) < 4.78 is 0. The highest BCUT2D eigenvalue weighted by molar-refractivity contribution is 4.97. The normalized spacial score (nSPS) is 36.2. The van der Waals surface area contributed by atoms with E-state index in [1.54, 1.807) is 0 Å². The maximum absolute atomic E-state index is 3.49. The molecule has 0 aliphatic carbocycles. The third-order valence-electron chi connectivity index (χ3n) is 2.93. The van der Waals surface area contributed by atoms with Crippen molar-refractivity contribution in [2.75, 3.05) is 19.9 Å². The van der Waals surface area contributed by atoms with Gasteiger partial charge in [-0.05, 0) is 20.8 Å². The van der Waals surface area contributed by atoms with Crippen molar-refractivity contribution < 1.29 is 0 Å². The van der Waals surface area contributed by atoms with E-state index in [1.807, 2.05) is 0 Å². The van der Waals surface area contributed by atoms with Crippen LogP contribution in [0.15, 0.2) is 0 Å². The largest absolute Gasteiger partial charge is 0.303 e. The highest BCUT2D eigenvalue weighted by Crippen LogP contribution is 2.22. The fraction of sp³-hybridized carbons (Fsp3) is 1.00. The van der Waals surface area contributed by atoms with Gasteiger partial charge in [0.15, 0.2) is 0 Å². The summed E-state index contributed by atoms with van der Waals surface area (Å²) in [7, 11) is 0. The van der Waals surface area contributed by atoms with E-state index in [0.29, 0.717) is 12.2 Å². The molecule has 2 aliphatic rings. The van der Waals surface area contributed by atoms with Gasteiger partial charge in [0.25, 0.3) is 0 Å². The minimum absolute atomic E-state index is 0.257. The molecule has 3 N–H and O–H groups in total. The highest BCUT2D eigenvalue weighted by atomic mass is 15.4. The summed E-state index contributed by atoms with van der Waals surface area (Å²) in [6, 6.07) is 0.591. The van der Waals surface area contributed by atoms with E-state index in [0.717, 1.165) is 19.9 Å². The first-order valence-electron chi connectivity index (χ1n) is 5.03. The summed E-state index contributed by atoms with van der Waals surface area (Å²) in [4.78, 5) is 2.51. The zero-order valence-electron chi connectivity index (χ0n) is 8.72. The van der Waals surface area contributed by atoms with Crippen LogP contribution in [-0.4, -0.2) is 42.5 Å². The molecule has 0 aromatic carbocycles. The minimum Gasteiger partial charge on any atom is -0.303 e. The molecule has 2 fully saturated rings. The molecule has 76 valence electrons. The molecule has 2 unspecified atom stereocenters. The molecular formula is C9H20N4. The summed E-state index contributed by atoms with van der Waals surface area (Å²) in [5.74, 6) is 0. The van der Waals surface area contributed by atoms with Crippen LogP contribution in [0.4, 0.5) is 0 Å². The molecule has 0 amide bonds. The molecule has 2 atom stereocenters. The van der Waals surface area contributed by atoms with E-state index in [9.17, 15) is 0 Å². The number of hydrogen-bond donors (Lipinski definition) is 3. The second kappa shape index (κ2) is 3.20. The van der Waals surface area contributed by atoms with Crippen LogP contribution in [0, 0.1) is 0 Å². The average molecular weight is 184 g/mol. The Hall–Kier alpha value is -0.160. The lowest BCUT2D eigenvalue weighted by Gasteiger charge is -2.39. The topological polar surface area (TPSA) is 39.3 Å². The standard InChI is InChI=1S/C9H20N4/c1-9(2,3)13-6-12-8-7(13)4-10-5-11-8/h7-8,10-12H,4-6H2,1-3H3. The highest BCUT2D eigenvalue weighted by Gasteiger charge is 2.40. The molecule has 0 aromatic heterocycles. The lowest BCUT2D eigenvalue weighted by Crippen LogP contribution is -2.61. The van der Waals surface area contributed by atoms with Gasteiger partial charge in [-0.25, -0.2) is 0 Å². The SMILES string of the molecule is CC(C)(C)N1CNC2NCNCC21. The summed E-state index contributed by atoms with van der Waals surface area (Å²) >= 11 is 0. The third kappa shape index (κ3) is 1.72. The van der Waals surface area contributed by atoms with E-state index in [-0.39, 0.29) is 5.54 Å². The van der Waals surface area contributed by atoms with Crippen molar-refractivity contribution in [3.63, 3.8) is 0 Å². The first-order chi connectivity index (χ1) is 6.09. The zero-order chi connectivity index (χ0) is 9.47. The maximum atomic E-state index is 3.49. The smallest absolute Gasteiger partial charge is 0.0765 e. The van der Waals surface area contributed by atoms with Gasteiger partial charge in [-0.2, -0.15) is 0 Å². The molecule has 0 bridgehead atoms. The van der Waals surface area contributed by atoms with Crippen LogP contribution in [0.5, 0.6) is 0 Å². The molecule has 13 heavy (non-hydrogen) atoms. The Morgan fingerprint density at radius 3 is 2.69 bits per heavy atom. The van der Waals surface area contributed by atoms with E-state index < -0.39 is 0 Å².